The molecule has 3 nitrogen and oxygen atoms in total. The van der Waals surface area contributed by atoms with Gasteiger partial charge < -0.3 is 9.47 Å². The predicted molar refractivity (Wildman–Crippen MR) is 67.7 cm³/mol. The standard InChI is InChI=1S/C9H10O2.C5H10O/c1-7-5-8(6-10)3-4-9(7)11-2;1-5-2-3-6-4-5/h3-6H,1-2H3;5H,2-4H2,1H3. The number of methoxy groups -OCH3 is 1. The van der Waals surface area contributed by atoms with Crippen LogP contribution in [0.4, 0.5) is 0 Å². The molecule has 1 aromatic rings. The summed E-state index contributed by atoms with van der Waals surface area (Å²) in [4.78, 5) is 10.3. The molecule has 17 heavy (non-hydrogen) atoms. The van der Waals surface area contributed by atoms with Crippen molar-refractivity contribution in [1.29, 1.82) is 0 Å². The number of carbonyl (C=O) groups excluding carboxylic acids is 1. The highest BCUT2D eigenvalue weighted by Gasteiger charge is 2.07. The monoisotopic (exact) mass is 236 g/mol. The van der Waals surface area contributed by atoms with Gasteiger partial charge in [0.25, 0.3) is 0 Å². The molecule has 1 aliphatic heterocycles. The number of hydrogen-bond donors (Lipinski definition) is 0. The van der Waals surface area contributed by atoms with E-state index in [0.717, 1.165) is 36.7 Å². The predicted octanol–water partition coefficient (Wildman–Crippen LogP) is 2.86. The topological polar surface area (TPSA) is 35.5 Å². The highest BCUT2D eigenvalue weighted by Crippen LogP contribution is 2.17. The molecule has 0 spiro atoms. The van der Waals surface area contributed by atoms with Crippen molar-refractivity contribution in [2.24, 2.45) is 5.92 Å². The third kappa shape index (κ3) is 4.57. The van der Waals surface area contributed by atoms with Crippen LogP contribution in [0.25, 0.3) is 0 Å². The summed E-state index contributed by atoms with van der Waals surface area (Å²) >= 11 is 0. The zero-order chi connectivity index (χ0) is 12.7. The fourth-order valence-electron chi connectivity index (χ4n) is 1.63. The third-order valence-corrected chi connectivity index (χ3v) is 2.71. The zero-order valence-corrected chi connectivity index (χ0v) is 10.7. The molecular weight excluding hydrogens is 216 g/mol. The maximum atomic E-state index is 10.3. The average Bonchev–Trinajstić information content (AvgIpc) is 2.81. The third-order valence-electron chi connectivity index (χ3n) is 2.71. The van der Waals surface area contributed by atoms with Crippen LogP contribution in [-0.4, -0.2) is 26.6 Å². The number of benzene rings is 1. The number of hydrogen-bond acceptors (Lipinski definition) is 3. The summed E-state index contributed by atoms with van der Waals surface area (Å²) in [6.07, 6.45) is 2.09. The van der Waals surface area contributed by atoms with Crippen molar-refractivity contribution in [2.75, 3.05) is 20.3 Å². The Kier molecular flexibility index (Phi) is 5.70. The number of aryl methyl sites for hydroxylation is 1. The molecule has 1 heterocycles. The van der Waals surface area contributed by atoms with Crippen molar-refractivity contribution in [3.05, 3.63) is 29.3 Å². The van der Waals surface area contributed by atoms with Crippen LogP contribution in [0, 0.1) is 12.8 Å². The van der Waals surface area contributed by atoms with Crippen molar-refractivity contribution in [1.82, 2.24) is 0 Å². The van der Waals surface area contributed by atoms with Gasteiger partial charge in [-0.2, -0.15) is 0 Å². The van der Waals surface area contributed by atoms with E-state index in [0.29, 0.717) is 5.56 Å². The van der Waals surface area contributed by atoms with Crippen molar-refractivity contribution in [3.8, 4) is 5.75 Å². The van der Waals surface area contributed by atoms with Gasteiger partial charge in [0.05, 0.1) is 7.11 Å². The molecule has 0 radical (unpaired) electrons. The largest absolute Gasteiger partial charge is 0.496 e. The Morgan fingerprint density at radius 3 is 2.59 bits per heavy atom. The normalized spacial score (nSPS) is 18.2. The maximum Gasteiger partial charge on any atom is 0.150 e. The molecule has 0 amide bonds. The van der Waals surface area contributed by atoms with Crippen LogP contribution >= 0.6 is 0 Å². The first kappa shape index (κ1) is 13.7. The van der Waals surface area contributed by atoms with E-state index in [9.17, 15) is 4.79 Å². The SMILES string of the molecule is CC1CCOC1.COc1ccc(C=O)cc1C. The van der Waals surface area contributed by atoms with Crippen LogP contribution in [0.1, 0.15) is 29.3 Å². The van der Waals surface area contributed by atoms with Gasteiger partial charge in [0.1, 0.15) is 12.0 Å². The minimum absolute atomic E-state index is 0.684. The Labute approximate surface area is 103 Å². The Balaban J connectivity index is 0.000000202. The Morgan fingerprint density at radius 1 is 1.47 bits per heavy atom. The van der Waals surface area contributed by atoms with Gasteiger partial charge in [-0.25, -0.2) is 0 Å². The Morgan fingerprint density at radius 2 is 2.24 bits per heavy atom. The number of rotatable bonds is 2. The molecule has 1 atom stereocenters. The van der Waals surface area contributed by atoms with Gasteiger partial charge in [0.2, 0.25) is 0 Å². The first-order chi connectivity index (χ1) is 8.17. The molecule has 0 bridgehead atoms. The number of ether oxygens (including phenoxy) is 2. The average molecular weight is 236 g/mol. The quantitative estimate of drug-likeness (QED) is 0.741. The van der Waals surface area contributed by atoms with Gasteiger partial charge in [-0.3, -0.25) is 4.79 Å². The van der Waals surface area contributed by atoms with E-state index in [1.54, 1.807) is 25.3 Å². The van der Waals surface area contributed by atoms with Gasteiger partial charge in [-0.15, -0.1) is 0 Å². The molecule has 0 aromatic heterocycles. The van der Waals surface area contributed by atoms with Crippen LogP contribution in [0.15, 0.2) is 18.2 Å². The molecule has 94 valence electrons. The summed E-state index contributed by atoms with van der Waals surface area (Å²) in [5.74, 6) is 1.64. The van der Waals surface area contributed by atoms with E-state index in [4.69, 9.17) is 9.47 Å². The lowest BCUT2D eigenvalue weighted by molar-refractivity contribution is 0.112. The van der Waals surface area contributed by atoms with Crippen molar-refractivity contribution >= 4 is 6.29 Å². The molecule has 1 unspecified atom stereocenters. The highest BCUT2D eigenvalue weighted by molar-refractivity contribution is 5.75. The summed E-state index contributed by atoms with van der Waals surface area (Å²) < 4.78 is 10.1. The van der Waals surface area contributed by atoms with Crippen LogP contribution in [-0.2, 0) is 4.74 Å². The van der Waals surface area contributed by atoms with E-state index in [-0.39, 0.29) is 0 Å². The first-order valence-electron chi connectivity index (χ1n) is 5.85. The first-order valence-corrected chi connectivity index (χ1v) is 5.85. The van der Waals surface area contributed by atoms with Gasteiger partial charge in [0, 0.05) is 18.8 Å². The zero-order valence-electron chi connectivity index (χ0n) is 10.7. The van der Waals surface area contributed by atoms with Crippen LogP contribution in [0.5, 0.6) is 5.75 Å². The number of aldehydes is 1. The van der Waals surface area contributed by atoms with Crippen molar-refractivity contribution < 1.29 is 14.3 Å². The van der Waals surface area contributed by atoms with Crippen molar-refractivity contribution in [3.63, 3.8) is 0 Å². The van der Waals surface area contributed by atoms with Gasteiger partial charge >= 0.3 is 0 Å². The maximum absolute atomic E-state index is 10.3. The van der Waals surface area contributed by atoms with Gasteiger partial charge in [-0.1, -0.05) is 6.92 Å². The molecule has 1 saturated heterocycles. The highest BCUT2D eigenvalue weighted by atomic mass is 16.5. The van der Waals surface area contributed by atoms with Gasteiger partial charge in [-0.05, 0) is 43.0 Å². The summed E-state index contributed by atoms with van der Waals surface area (Å²) in [6.45, 7) is 6.10. The second-order valence-electron chi connectivity index (χ2n) is 4.32. The molecule has 1 aromatic carbocycles. The lowest BCUT2D eigenvalue weighted by Crippen LogP contribution is -1.88. The van der Waals surface area contributed by atoms with E-state index in [1.807, 2.05) is 6.92 Å². The molecule has 1 fully saturated rings. The van der Waals surface area contributed by atoms with Crippen LogP contribution in [0.3, 0.4) is 0 Å². The lowest BCUT2D eigenvalue weighted by atomic mass is 10.1. The summed E-state index contributed by atoms with van der Waals surface area (Å²) in [7, 11) is 1.61. The Hall–Kier alpha value is -1.35. The van der Waals surface area contributed by atoms with Gasteiger partial charge in [0.15, 0.2) is 0 Å². The molecule has 2 rings (SSSR count). The molecular formula is C14H20O3. The molecule has 3 heteroatoms. The van der Waals surface area contributed by atoms with E-state index in [1.165, 1.54) is 6.42 Å². The second-order valence-corrected chi connectivity index (χ2v) is 4.32. The minimum atomic E-state index is 0.684. The van der Waals surface area contributed by atoms with E-state index < -0.39 is 0 Å². The van der Waals surface area contributed by atoms with E-state index >= 15 is 0 Å². The summed E-state index contributed by atoms with van der Waals surface area (Å²) in [6, 6.07) is 5.32. The fraction of sp³-hybridized carbons (Fsp3) is 0.500. The van der Waals surface area contributed by atoms with Crippen LogP contribution in [0.2, 0.25) is 0 Å². The minimum Gasteiger partial charge on any atom is -0.496 e. The fourth-order valence-corrected chi connectivity index (χ4v) is 1.63. The molecule has 0 saturated carbocycles. The number of carbonyl (C=O) groups is 1. The molecule has 0 N–H and O–H groups in total. The summed E-state index contributed by atoms with van der Waals surface area (Å²) in [5.41, 5.74) is 1.67. The lowest BCUT2D eigenvalue weighted by Gasteiger charge is -2.03. The van der Waals surface area contributed by atoms with Crippen molar-refractivity contribution in [2.45, 2.75) is 20.3 Å². The summed E-state index contributed by atoms with van der Waals surface area (Å²) in [5, 5.41) is 0. The molecule has 0 aliphatic carbocycles. The molecule has 1 aliphatic rings. The Bertz CT molecular complexity index is 354. The van der Waals surface area contributed by atoms with E-state index in [2.05, 4.69) is 6.92 Å². The van der Waals surface area contributed by atoms with Crippen LogP contribution < -0.4 is 4.74 Å². The second kappa shape index (κ2) is 7.07. The smallest absolute Gasteiger partial charge is 0.150 e.